The summed E-state index contributed by atoms with van der Waals surface area (Å²) in [6, 6.07) is 0. The Hall–Kier alpha value is -0.200. The Bertz CT molecular complexity index is 139. The van der Waals surface area contributed by atoms with Gasteiger partial charge in [-0.2, -0.15) is 0 Å². The van der Waals surface area contributed by atoms with E-state index in [2.05, 4.69) is 0 Å². The van der Waals surface area contributed by atoms with Gasteiger partial charge in [0.2, 0.25) is 0 Å². The highest BCUT2D eigenvalue weighted by atomic mass is 16.8. The van der Waals surface area contributed by atoms with Crippen molar-refractivity contribution in [3.8, 4) is 0 Å². The Morgan fingerprint density at radius 2 is 1.31 bits per heavy atom. The van der Waals surface area contributed by atoms with Gasteiger partial charge in [-0.15, -0.1) is 0 Å². The van der Waals surface area contributed by atoms with E-state index in [1.165, 1.54) is 0 Å². The Labute approximate surface area is 97.6 Å². The molecule has 0 heterocycles. The van der Waals surface area contributed by atoms with E-state index in [1.807, 2.05) is 6.92 Å². The molecule has 0 aliphatic carbocycles. The van der Waals surface area contributed by atoms with E-state index in [9.17, 15) is 5.11 Å². The summed E-state index contributed by atoms with van der Waals surface area (Å²) in [7, 11) is 3.26. The molecule has 1 N–H and O–H groups in total. The monoisotopic (exact) mass is 236 g/mol. The van der Waals surface area contributed by atoms with Crippen molar-refractivity contribution in [2.45, 2.75) is 32.2 Å². The summed E-state index contributed by atoms with van der Waals surface area (Å²) < 4.78 is 20.3. The molecule has 0 bridgehead atoms. The van der Waals surface area contributed by atoms with Gasteiger partial charge in [-0.25, -0.2) is 0 Å². The van der Waals surface area contributed by atoms with Crippen molar-refractivity contribution < 1.29 is 24.1 Å². The van der Waals surface area contributed by atoms with Crippen LogP contribution in [0.4, 0.5) is 0 Å². The van der Waals surface area contributed by atoms with Crippen molar-refractivity contribution in [3.63, 3.8) is 0 Å². The van der Waals surface area contributed by atoms with Crippen molar-refractivity contribution in [2.24, 2.45) is 0 Å². The summed E-state index contributed by atoms with van der Waals surface area (Å²) in [5, 5.41) is 9.89. The number of hydrogen-bond donors (Lipinski definition) is 1. The highest BCUT2D eigenvalue weighted by Gasteiger charge is 2.25. The fraction of sp³-hybridized carbons (Fsp3) is 1.00. The molecule has 98 valence electrons. The molecule has 5 nitrogen and oxygen atoms in total. The zero-order valence-electron chi connectivity index (χ0n) is 10.5. The number of methoxy groups -OCH3 is 2. The quantitative estimate of drug-likeness (QED) is 0.431. The highest BCUT2D eigenvalue weighted by molar-refractivity contribution is 4.51. The molecule has 16 heavy (non-hydrogen) atoms. The van der Waals surface area contributed by atoms with E-state index in [0.717, 1.165) is 12.8 Å². The summed E-state index contributed by atoms with van der Waals surface area (Å²) in [6.07, 6.45) is 1.87. The lowest BCUT2D eigenvalue weighted by molar-refractivity contribution is -0.362. The molecule has 0 atom stereocenters. The second kappa shape index (κ2) is 9.99. The molecule has 0 spiro atoms. The van der Waals surface area contributed by atoms with E-state index in [1.54, 1.807) is 14.2 Å². The van der Waals surface area contributed by atoms with Crippen molar-refractivity contribution in [3.05, 3.63) is 0 Å². The van der Waals surface area contributed by atoms with Gasteiger partial charge in [0.15, 0.2) is 0 Å². The maximum Gasteiger partial charge on any atom is 0.280 e. The van der Waals surface area contributed by atoms with Gasteiger partial charge in [-0.3, -0.25) is 0 Å². The Morgan fingerprint density at radius 3 is 1.62 bits per heavy atom. The Morgan fingerprint density at radius 1 is 0.875 bits per heavy atom. The topological polar surface area (TPSA) is 57.2 Å². The van der Waals surface area contributed by atoms with Gasteiger partial charge in [0, 0.05) is 33.9 Å². The molecule has 0 saturated heterocycles. The third-order valence-electron chi connectivity index (χ3n) is 2.09. The van der Waals surface area contributed by atoms with Gasteiger partial charge in [0.05, 0.1) is 13.2 Å². The first kappa shape index (κ1) is 15.8. The van der Waals surface area contributed by atoms with E-state index in [-0.39, 0.29) is 0 Å². The van der Waals surface area contributed by atoms with Crippen molar-refractivity contribution in [2.75, 3.05) is 40.6 Å². The maximum absolute atomic E-state index is 9.89. The molecular weight excluding hydrogens is 212 g/mol. The molecule has 5 heteroatoms. The summed E-state index contributed by atoms with van der Waals surface area (Å²) in [5.74, 6) is -1.47. The molecule has 0 radical (unpaired) electrons. The van der Waals surface area contributed by atoms with Crippen LogP contribution in [0, 0.1) is 0 Å². The number of aliphatic hydroxyl groups is 1. The molecule has 0 aliphatic rings. The molecule has 0 aromatic carbocycles. The van der Waals surface area contributed by atoms with Gasteiger partial charge in [-0.05, 0) is 12.8 Å². The number of ether oxygens (including phenoxy) is 4. The first-order valence-electron chi connectivity index (χ1n) is 5.66. The standard InChI is InChI=1S/C11H24O5/c1-4-11(12,15-9-5-7-13-2)16-10-6-8-14-3/h12H,4-10H2,1-3H3. The number of hydrogen-bond acceptors (Lipinski definition) is 5. The second-order valence-electron chi connectivity index (χ2n) is 3.46. The zero-order chi connectivity index (χ0) is 12.3. The van der Waals surface area contributed by atoms with Crippen LogP contribution >= 0.6 is 0 Å². The van der Waals surface area contributed by atoms with Crippen LogP contribution in [0.25, 0.3) is 0 Å². The van der Waals surface area contributed by atoms with E-state index >= 15 is 0 Å². The normalized spacial score (nSPS) is 12.0. The van der Waals surface area contributed by atoms with Crippen LogP contribution in [0.1, 0.15) is 26.2 Å². The minimum absolute atomic E-state index is 0.396. The predicted octanol–water partition coefficient (Wildman–Crippen LogP) is 1.15. The second-order valence-corrected chi connectivity index (χ2v) is 3.46. The minimum Gasteiger partial charge on any atom is -0.385 e. The van der Waals surface area contributed by atoms with Crippen LogP contribution in [-0.2, 0) is 18.9 Å². The van der Waals surface area contributed by atoms with Gasteiger partial charge in [-0.1, -0.05) is 6.92 Å². The fourth-order valence-electron chi connectivity index (χ4n) is 1.12. The van der Waals surface area contributed by atoms with Gasteiger partial charge >= 0.3 is 0 Å². The summed E-state index contributed by atoms with van der Waals surface area (Å²) in [5.41, 5.74) is 0. The van der Waals surface area contributed by atoms with Crippen LogP contribution in [0.15, 0.2) is 0 Å². The summed E-state index contributed by atoms with van der Waals surface area (Å²) in [6.45, 7) is 3.88. The largest absolute Gasteiger partial charge is 0.385 e. The SMILES string of the molecule is CCC(O)(OCCCOC)OCCCOC. The molecule has 0 aromatic rings. The summed E-state index contributed by atoms with van der Waals surface area (Å²) >= 11 is 0. The Kier molecular flexibility index (Phi) is 9.86. The average molecular weight is 236 g/mol. The third kappa shape index (κ3) is 8.01. The van der Waals surface area contributed by atoms with Crippen molar-refractivity contribution >= 4 is 0 Å². The lowest BCUT2D eigenvalue weighted by Gasteiger charge is -2.26. The molecule has 0 aliphatic heterocycles. The first-order valence-corrected chi connectivity index (χ1v) is 5.66. The van der Waals surface area contributed by atoms with E-state index < -0.39 is 5.97 Å². The van der Waals surface area contributed by atoms with Crippen LogP contribution in [-0.4, -0.2) is 51.7 Å². The lowest BCUT2D eigenvalue weighted by atomic mass is 10.4. The maximum atomic E-state index is 9.89. The summed E-state index contributed by atoms with van der Waals surface area (Å²) in [4.78, 5) is 0. The molecule has 0 aromatic heterocycles. The molecule has 0 saturated carbocycles. The van der Waals surface area contributed by atoms with Gasteiger partial charge in [0.25, 0.3) is 5.97 Å². The van der Waals surface area contributed by atoms with E-state index in [0.29, 0.717) is 32.8 Å². The average Bonchev–Trinajstić information content (AvgIpc) is 2.31. The number of rotatable bonds is 11. The predicted molar refractivity (Wildman–Crippen MR) is 60.1 cm³/mol. The van der Waals surface area contributed by atoms with Crippen LogP contribution in [0.5, 0.6) is 0 Å². The molecule has 0 rings (SSSR count). The first-order chi connectivity index (χ1) is 7.68. The molecule has 0 amide bonds. The minimum atomic E-state index is -1.47. The highest BCUT2D eigenvalue weighted by Crippen LogP contribution is 2.14. The molecule has 0 fully saturated rings. The Balaban J connectivity index is 3.64. The van der Waals surface area contributed by atoms with Gasteiger partial charge in [0.1, 0.15) is 0 Å². The van der Waals surface area contributed by atoms with Crippen LogP contribution in [0.3, 0.4) is 0 Å². The smallest absolute Gasteiger partial charge is 0.280 e. The third-order valence-corrected chi connectivity index (χ3v) is 2.09. The van der Waals surface area contributed by atoms with Gasteiger partial charge < -0.3 is 24.1 Å². The van der Waals surface area contributed by atoms with Crippen LogP contribution in [0.2, 0.25) is 0 Å². The molecular formula is C11H24O5. The fourth-order valence-corrected chi connectivity index (χ4v) is 1.12. The van der Waals surface area contributed by atoms with Crippen molar-refractivity contribution in [1.82, 2.24) is 0 Å². The zero-order valence-corrected chi connectivity index (χ0v) is 10.5. The van der Waals surface area contributed by atoms with Crippen LogP contribution < -0.4 is 0 Å². The van der Waals surface area contributed by atoms with Crippen molar-refractivity contribution in [1.29, 1.82) is 0 Å². The van der Waals surface area contributed by atoms with E-state index in [4.69, 9.17) is 18.9 Å². The lowest BCUT2D eigenvalue weighted by Crippen LogP contribution is -2.36. The molecule has 0 unspecified atom stereocenters.